The van der Waals surface area contributed by atoms with Crippen molar-refractivity contribution in [1.82, 2.24) is 9.97 Å². The topological polar surface area (TPSA) is 37.8 Å². The van der Waals surface area contributed by atoms with Crippen molar-refractivity contribution in [3.05, 3.63) is 17.5 Å². The van der Waals surface area contributed by atoms with Gasteiger partial charge in [-0.1, -0.05) is 27.7 Å². The van der Waals surface area contributed by atoms with Crippen LogP contribution in [0.5, 0.6) is 0 Å². The van der Waals surface area contributed by atoms with Crippen LogP contribution in [-0.2, 0) is 0 Å². The van der Waals surface area contributed by atoms with Crippen LogP contribution in [-0.4, -0.2) is 21.9 Å². The number of hydrogen-bond donors (Lipinski definition) is 1. The van der Waals surface area contributed by atoms with Gasteiger partial charge in [-0.2, -0.15) is 0 Å². The molecular formula is C14H24ClN3. The summed E-state index contributed by atoms with van der Waals surface area (Å²) in [6.07, 6.45) is 1.03. The fourth-order valence-electron chi connectivity index (χ4n) is 1.87. The van der Waals surface area contributed by atoms with Gasteiger partial charge < -0.3 is 5.32 Å². The van der Waals surface area contributed by atoms with E-state index in [0.29, 0.717) is 23.7 Å². The first-order valence-corrected chi connectivity index (χ1v) is 7.14. The second kappa shape index (κ2) is 6.93. The Bertz CT molecular complexity index is 377. The largest absolute Gasteiger partial charge is 0.350 e. The number of anilines is 1. The predicted octanol–water partition coefficient (Wildman–Crippen LogP) is 3.97. The van der Waals surface area contributed by atoms with Crippen molar-refractivity contribution < 1.29 is 0 Å². The van der Waals surface area contributed by atoms with Crippen LogP contribution in [0, 0.1) is 12.8 Å². The Kier molecular flexibility index (Phi) is 5.86. The fraction of sp³-hybridized carbons (Fsp3) is 0.714. The summed E-state index contributed by atoms with van der Waals surface area (Å²) in [6, 6.07) is 2.27. The van der Waals surface area contributed by atoms with E-state index in [4.69, 9.17) is 11.6 Å². The summed E-state index contributed by atoms with van der Waals surface area (Å²) >= 11 is 5.99. The third-order valence-corrected chi connectivity index (χ3v) is 3.11. The van der Waals surface area contributed by atoms with E-state index >= 15 is 0 Å². The molecule has 0 bridgehead atoms. The lowest BCUT2D eigenvalue weighted by atomic mass is 10.1. The van der Waals surface area contributed by atoms with Gasteiger partial charge in [0.05, 0.1) is 0 Å². The number of rotatable bonds is 6. The first-order chi connectivity index (χ1) is 8.42. The van der Waals surface area contributed by atoms with Crippen LogP contribution in [0.15, 0.2) is 6.07 Å². The maximum Gasteiger partial charge on any atom is 0.223 e. The van der Waals surface area contributed by atoms with Crippen LogP contribution in [0.4, 0.5) is 5.95 Å². The summed E-state index contributed by atoms with van der Waals surface area (Å²) in [7, 11) is 0. The number of aryl methyl sites for hydroxylation is 1. The summed E-state index contributed by atoms with van der Waals surface area (Å²) in [5.74, 6) is 2.29. The molecule has 3 nitrogen and oxygen atoms in total. The molecule has 18 heavy (non-hydrogen) atoms. The normalized spacial score (nSPS) is 13.1. The minimum Gasteiger partial charge on any atom is -0.350 e. The van der Waals surface area contributed by atoms with Gasteiger partial charge in [0.2, 0.25) is 5.95 Å². The van der Waals surface area contributed by atoms with Gasteiger partial charge in [0.15, 0.2) is 0 Å². The van der Waals surface area contributed by atoms with E-state index < -0.39 is 0 Å². The van der Waals surface area contributed by atoms with Crippen molar-refractivity contribution in [3.8, 4) is 0 Å². The van der Waals surface area contributed by atoms with Gasteiger partial charge in [0.1, 0.15) is 0 Å². The lowest BCUT2D eigenvalue weighted by Gasteiger charge is -2.19. The summed E-state index contributed by atoms with van der Waals surface area (Å²) in [5.41, 5.74) is 2.07. The number of nitrogens with zero attached hydrogens (tertiary/aromatic N) is 2. The first-order valence-electron chi connectivity index (χ1n) is 6.60. The molecular weight excluding hydrogens is 246 g/mol. The van der Waals surface area contributed by atoms with Gasteiger partial charge >= 0.3 is 0 Å². The second-order valence-electron chi connectivity index (χ2n) is 5.54. The lowest BCUT2D eigenvalue weighted by molar-refractivity contribution is 0.540. The van der Waals surface area contributed by atoms with Gasteiger partial charge in [0, 0.05) is 23.3 Å². The molecule has 4 heteroatoms. The van der Waals surface area contributed by atoms with Gasteiger partial charge in [-0.25, -0.2) is 9.97 Å². The Hall–Kier alpha value is -0.830. The molecule has 1 heterocycles. The molecule has 0 amide bonds. The van der Waals surface area contributed by atoms with Crippen molar-refractivity contribution in [1.29, 1.82) is 0 Å². The average molecular weight is 270 g/mol. The highest BCUT2D eigenvalue weighted by molar-refractivity contribution is 6.18. The molecule has 1 atom stereocenters. The molecule has 1 unspecified atom stereocenters. The number of hydrogen-bond acceptors (Lipinski definition) is 3. The van der Waals surface area contributed by atoms with Crippen LogP contribution >= 0.6 is 11.6 Å². The quantitative estimate of drug-likeness (QED) is 0.794. The number of halogens is 1. The van der Waals surface area contributed by atoms with Crippen molar-refractivity contribution in [2.75, 3.05) is 11.2 Å². The van der Waals surface area contributed by atoms with E-state index in [9.17, 15) is 0 Å². The van der Waals surface area contributed by atoms with Crippen LogP contribution in [0.1, 0.15) is 51.4 Å². The minimum absolute atomic E-state index is 0.230. The van der Waals surface area contributed by atoms with Crippen molar-refractivity contribution in [2.45, 2.75) is 53.0 Å². The highest BCUT2D eigenvalue weighted by Crippen LogP contribution is 2.16. The van der Waals surface area contributed by atoms with E-state index in [1.807, 2.05) is 13.0 Å². The summed E-state index contributed by atoms with van der Waals surface area (Å²) < 4.78 is 0. The van der Waals surface area contributed by atoms with Gasteiger partial charge in [-0.05, 0) is 31.2 Å². The average Bonchev–Trinajstić information content (AvgIpc) is 2.26. The fourth-order valence-corrected chi connectivity index (χ4v) is 2.07. The van der Waals surface area contributed by atoms with Gasteiger partial charge in [0.25, 0.3) is 0 Å². The molecule has 1 rings (SSSR count). The molecule has 0 radical (unpaired) electrons. The zero-order chi connectivity index (χ0) is 13.7. The first kappa shape index (κ1) is 15.2. The predicted molar refractivity (Wildman–Crippen MR) is 78.4 cm³/mol. The zero-order valence-corrected chi connectivity index (χ0v) is 12.8. The van der Waals surface area contributed by atoms with E-state index in [2.05, 4.69) is 43.0 Å². The summed E-state index contributed by atoms with van der Waals surface area (Å²) in [4.78, 5) is 8.98. The maximum atomic E-state index is 5.99. The molecule has 0 spiro atoms. The second-order valence-corrected chi connectivity index (χ2v) is 5.85. The third kappa shape index (κ3) is 4.81. The van der Waals surface area contributed by atoms with E-state index in [1.54, 1.807) is 0 Å². The molecule has 0 aromatic carbocycles. The lowest BCUT2D eigenvalue weighted by Crippen LogP contribution is -2.25. The maximum absolute atomic E-state index is 5.99. The molecule has 0 saturated heterocycles. The molecule has 0 aliphatic heterocycles. The minimum atomic E-state index is 0.230. The van der Waals surface area contributed by atoms with Crippen molar-refractivity contribution >= 4 is 17.5 Å². The van der Waals surface area contributed by atoms with E-state index in [1.165, 1.54) is 0 Å². The molecule has 0 fully saturated rings. The van der Waals surface area contributed by atoms with E-state index in [-0.39, 0.29) is 6.04 Å². The number of aromatic nitrogens is 2. The van der Waals surface area contributed by atoms with Crippen LogP contribution in [0.25, 0.3) is 0 Å². The van der Waals surface area contributed by atoms with Crippen molar-refractivity contribution in [2.24, 2.45) is 5.92 Å². The summed E-state index contributed by atoms with van der Waals surface area (Å²) in [5, 5.41) is 3.34. The Balaban J connectivity index is 2.82. The molecule has 102 valence electrons. The monoisotopic (exact) mass is 269 g/mol. The van der Waals surface area contributed by atoms with Crippen LogP contribution in [0.3, 0.4) is 0 Å². The Morgan fingerprint density at radius 3 is 2.39 bits per heavy atom. The van der Waals surface area contributed by atoms with Crippen molar-refractivity contribution in [3.63, 3.8) is 0 Å². The van der Waals surface area contributed by atoms with Gasteiger partial charge in [-0.15, -0.1) is 11.6 Å². The number of alkyl halides is 1. The molecule has 1 aromatic heterocycles. The highest BCUT2D eigenvalue weighted by atomic mass is 35.5. The Morgan fingerprint density at radius 1 is 1.22 bits per heavy atom. The van der Waals surface area contributed by atoms with Crippen LogP contribution in [0.2, 0.25) is 0 Å². The standard InChI is InChI=1S/C14H24ClN3/c1-9(2)6-12(8-15)17-14-16-11(5)7-13(18-14)10(3)4/h7,9-10,12H,6,8H2,1-5H3,(H,16,17,18). The molecule has 0 aliphatic rings. The van der Waals surface area contributed by atoms with E-state index in [0.717, 1.165) is 17.8 Å². The highest BCUT2D eigenvalue weighted by Gasteiger charge is 2.12. The number of nitrogens with one attached hydrogen (secondary N) is 1. The van der Waals surface area contributed by atoms with Crippen LogP contribution < -0.4 is 5.32 Å². The smallest absolute Gasteiger partial charge is 0.223 e. The van der Waals surface area contributed by atoms with Gasteiger partial charge in [-0.3, -0.25) is 0 Å². The molecule has 1 N–H and O–H groups in total. The molecule has 1 aromatic rings. The Labute approximate surface area is 115 Å². The Morgan fingerprint density at radius 2 is 1.89 bits per heavy atom. The third-order valence-electron chi connectivity index (χ3n) is 2.74. The zero-order valence-electron chi connectivity index (χ0n) is 12.0. The summed E-state index contributed by atoms with van der Waals surface area (Å²) in [6.45, 7) is 10.7. The SMILES string of the molecule is Cc1cc(C(C)C)nc(NC(CCl)CC(C)C)n1. The molecule has 0 aliphatic carbocycles. The molecule has 0 saturated carbocycles.